The van der Waals surface area contributed by atoms with Crippen molar-refractivity contribution in [2.24, 2.45) is 0 Å². The van der Waals surface area contributed by atoms with Crippen LogP contribution in [0.5, 0.6) is 0 Å². The van der Waals surface area contributed by atoms with Gasteiger partial charge in [0.25, 0.3) is 5.69 Å². The van der Waals surface area contributed by atoms with Crippen molar-refractivity contribution in [3.63, 3.8) is 0 Å². The van der Waals surface area contributed by atoms with Crippen LogP contribution < -0.4 is 5.32 Å². The molecule has 4 nitrogen and oxygen atoms in total. The minimum Gasteiger partial charge on any atom is -0.385 e. The van der Waals surface area contributed by atoms with Gasteiger partial charge in [0.15, 0.2) is 0 Å². The fourth-order valence-corrected chi connectivity index (χ4v) is 1.97. The van der Waals surface area contributed by atoms with Crippen molar-refractivity contribution in [2.45, 2.75) is 19.3 Å². The molecule has 0 saturated carbocycles. The summed E-state index contributed by atoms with van der Waals surface area (Å²) in [6.45, 7) is 0.923. The molecule has 0 aromatic heterocycles. The first-order valence-electron chi connectivity index (χ1n) is 5.71. The van der Waals surface area contributed by atoms with Crippen LogP contribution >= 0.6 is 11.8 Å². The number of rotatable bonds is 8. The van der Waals surface area contributed by atoms with Gasteiger partial charge in [0.2, 0.25) is 0 Å². The highest BCUT2D eigenvalue weighted by Crippen LogP contribution is 2.15. The molecule has 0 fully saturated rings. The van der Waals surface area contributed by atoms with Crippen molar-refractivity contribution in [3.8, 4) is 0 Å². The molecule has 0 unspecified atom stereocenters. The Morgan fingerprint density at radius 2 is 1.94 bits per heavy atom. The smallest absolute Gasteiger partial charge is 0.269 e. The Labute approximate surface area is 106 Å². The molecule has 0 aliphatic carbocycles. The summed E-state index contributed by atoms with van der Waals surface area (Å²) in [5.74, 6) is 1.22. The molecule has 94 valence electrons. The van der Waals surface area contributed by atoms with E-state index in [1.54, 1.807) is 12.1 Å². The Bertz CT molecular complexity index is 341. The van der Waals surface area contributed by atoms with Crippen molar-refractivity contribution in [1.29, 1.82) is 0 Å². The van der Waals surface area contributed by atoms with Crippen LogP contribution in [0.4, 0.5) is 11.4 Å². The second-order valence-corrected chi connectivity index (χ2v) is 4.77. The quantitative estimate of drug-likeness (QED) is 0.438. The molecule has 1 aromatic rings. The maximum absolute atomic E-state index is 10.5. The fourth-order valence-electron chi connectivity index (χ4n) is 1.48. The number of thioether (sulfide) groups is 1. The lowest BCUT2D eigenvalue weighted by Crippen LogP contribution is -2.01. The van der Waals surface area contributed by atoms with Gasteiger partial charge in [0, 0.05) is 24.4 Å². The third kappa shape index (κ3) is 5.58. The van der Waals surface area contributed by atoms with E-state index in [0.717, 1.165) is 18.7 Å². The highest BCUT2D eigenvalue weighted by Gasteiger charge is 2.02. The van der Waals surface area contributed by atoms with E-state index < -0.39 is 0 Å². The predicted octanol–water partition coefficient (Wildman–Crippen LogP) is 3.54. The number of nitro groups is 1. The maximum Gasteiger partial charge on any atom is 0.269 e. The van der Waals surface area contributed by atoms with E-state index in [-0.39, 0.29) is 10.6 Å². The summed E-state index contributed by atoms with van der Waals surface area (Å²) in [5.41, 5.74) is 1.08. The molecular weight excluding hydrogens is 236 g/mol. The molecule has 1 aromatic carbocycles. The van der Waals surface area contributed by atoms with Gasteiger partial charge in [0.1, 0.15) is 0 Å². The lowest BCUT2D eigenvalue weighted by Gasteiger charge is -2.05. The van der Waals surface area contributed by atoms with E-state index in [1.165, 1.54) is 30.7 Å². The third-order valence-corrected chi connectivity index (χ3v) is 3.13. The summed E-state index contributed by atoms with van der Waals surface area (Å²) in [7, 11) is 0. The van der Waals surface area contributed by atoms with Crippen molar-refractivity contribution in [2.75, 3.05) is 23.9 Å². The zero-order valence-electron chi connectivity index (χ0n) is 10.0. The number of unbranched alkanes of at least 4 members (excludes halogenated alkanes) is 2. The highest BCUT2D eigenvalue weighted by atomic mass is 32.2. The Morgan fingerprint density at radius 1 is 1.24 bits per heavy atom. The summed E-state index contributed by atoms with van der Waals surface area (Å²) in [5, 5.41) is 13.7. The molecule has 0 radical (unpaired) electrons. The standard InChI is InChI=1S/C12H18N2O2S/c1-17-10-4-2-3-9-13-11-5-7-12(8-6-11)14(15)16/h5-8,13H,2-4,9-10H2,1H3. The van der Waals surface area contributed by atoms with Crippen LogP contribution in [-0.4, -0.2) is 23.5 Å². The number of nitrogens with zero attached hydrogens (tertiary/aromatic N) is 1. The SMILES string of the molecule is CSCCCCCNc1ccc([N+](=O)[O-])cc1. The van der Waals surface area contributed by atoms with Crippen molar-refractivity contribution < 1.29 is 4.92 Å². The van der Waals surface area contributed by atoms with Crippen molar-refractivity contribution in [1.82, 2.24) is 0 Å². The van der Waals surface area contributed by atoms with E-state index >= 15 is 0 Å². The molecule has 0 aliphatic rings. The van der Waals surface area contributed by atoms with Gasteiger partial charge in [-0.3, -0.25) is 10.1 Å². The van der Waals surface area contributed by atoms with Gasteiger partial charge in [-0.05, 0) is 37.0 Å². The van der Waals surface area contributed by atoms with Crippen LogP contribution in [0.15, 0.2) is 24.3 Å². The zero-order valence-corrected chi connectivity index (χ0v) is 10.8. The Kier molecular flexibility index (Phi) is 6.47. The minimum atomic E-state index is -0.383. The fraction of sp³-hybridized carbons (Fsp3) is 0.500. The monoisotopic (exact) mass is 254 g/mol. The number of nitrogens with one attached hydrogen (secondary N) is 1. The van der Waals surface area contributed by atoms with Crippen molar-refractivity contribution >= 4 is 23.1 Å². The number of hydrogen-bond acceptors (Lipinski definition) is 4. The summed E-state index contributed by atoms with van der Waals surface area (Å²) in [4.78, 5) is 10.1. The Morgan fingerprint density at radius 3 is 2.53 bits per heavy atom. The molecule has 0 atom stereocenters. The highest BCUT2D eigenvalue weighted by molar-refractivity contribution is 7.98. The topological polar surface area (TPSA) is 55.2 Å². The van der Waals surface area contributed by atoms with Gasteiger partial charge in [-0.1, -0.05) is 6.42 Å². The lowest BCUT2D eigenvalue weighted by atomic mass is 10.2. The van der Waals surface area contributed by atoms with Crippen LogP contribution in [0.25, 0.3) is 0 Å². The maximum atomic E-state index is 10.5. The molecule has 1 N–H and O–H groups in total. The number of nitro benzene ring substituents is 1. The van der Waals surface area contributed by atoms with E-state index in [9.17, 15) is 10.1 Å². The molecule has 17 heavy (non-hydrogen) atoms. The average Bonchev–Trinajstić information content (AvgIpc) is 2.34. The first-order valence-corrected chi connectivity index (χ1v) is 7.10. The molecule has 0 bridgehead atoms. The summed E-state index contributed by atoms with van der Waals surface area (Å²) in [6, 6.07) is 6.55. The molecule has 0 saturated heterocycles. The van der Waals surface area contributed by atoms with Crippen LogP contribution in [-0.2, 0) is 0 Å². The van der Waals surface area contributed by atoms with Gasteiger partial charge >= 0.3 is 0 Å². The summed E-state index contributed by atoms with van der Waals surface area (Å²) in [6.07, 6.45) is 5.73. The van der Waals surface area contributed by atoms with E-state index in [2.05, 4.69) is 11.6 Å². The van der Waals surface area contributed by atoms with Gasteiger partial charge in [-0.25, -0.2) is 0 Å². The minimum absolute atomic E-state index is 0.135. The number of anilines is 1. The number of non-ortho nitro benzene ring substituents is 1. The van der Waals surface area contributed by atoms with Gasteiger partial charge < -0.3 is 5.32 Å². The Hall–Kier alpha value is -1.23. The first-order chi connectivity index (χ1) is 8.24. The van der Waals surface area contributed by atoms with Crippen LogP contribution in [0.1, 0.15) is 19.3 Å². The number of benzene rings is 1. The predicted molar refractivity (Wildman–Crippen MR) is 73.8 cm³/mol. The molecule has 0 aliphatic heterocycles. The molecule has 1 rings (SSSR count). The summed E-state index contributed by atoms with van der Waals surface area (Å²) >= 11 is 1.88. The molecule has 5 heteroatoms. The second kappa shape index (κ2) is 7.95. The first kappa shape index (κ1) is 13.8. The largest absolute Gasteiger partial charge is 0.385 e. The van der Waals surface area contributed by atoms with E-state index in [0.29, 0.717) is 0 Å². The van der Waals surface area contributed by atoms with Crippen LogP contribution in [0, 0.1) is 10.1 Å². The second-order valence-electron chi connectivity index (χ2n) is 3.78. The molecule has 0 amide bonds. The van der Waals surface area contributed by atoms with Gasteiger partial charge in [-0.2, -0.15) is 11.8 Å². The van der Waals surface area contributed by atoms with E-state index in [1.807, 2.05) is 11.8 Å². The third-order valence-electron chi connectivity index (χ3n) is 2.43. The Balaban J connectivity index is 2.21. The average molecular weight is 254 g/mol. The zero-order chi connectivity index (χ0) is 12.5. The van der Waals surface area contributed by atoms with Crippen LogP contribution in [0.2, 0.25) is 0 Å². The van der Waals surface area contributed by atoms with E-state index in [4.69, 9.17) is 0 Å². The van der Waals surface area contributed by atoms with Crippen LogP contribution in [0.3, 0.4) is 0 Å². The lowest BCUT2D eigenvalue weighted by molar-refractivity contribution is -0.384. The normalized spacial score (nSPS) is 10.2. The van der Waals surface area contributed by atoms with Gasteiger partial charge in [-0.15, -0.1) is 0 Å². The number of hydrogen-bond donors (Lipinski definition) is 1. The van der Waals surface area contributed by atoms with Gasteiger partial charge in [0.05, 0.1) is 4.92 Å². The molecule has 0 heterocycles. The summed E-state index contributed by atoms with van der Waals surface area (Å²) < 4.78 is 0. The molecular formula is C12H18N2O2S. The van der Waals surface area contributed by atoms with Crippen molar-refractivity contribution in [3.05, 3.63) is 34.4 Å². The molecule has 0 spiro atoms.